The Morgan fingerprint density at radius 1 is 1.33 bits per heavy atom. The van der Waals surface area contributed by atoms with E-state index in [2.05, 4.69) is 18.7 Å². The standard InChI is InChI=1S/C16H24N2O3/c1-13(2)17(14-7-3-4-8-14)11-12-21-16-10-6-5-9-15(16)18(19)20/h5-6,9-10,13-14H,3-4,7-8,11-12H2,1-2H3. The summed E-state index contributed by atoms with van der Waals surface area (Å²) in [6, 6.07) is 7.67. The van der Waals surface area contributed by atoms with E-state index in [9.17, 15) is 10.1 Å². The first-order valence-corrected chi connectivity index (χ1v) is 7.71. The summed E-state index contributed by atoms with van der Waals surface area (Å²) in [4.78, 5) is 13.0. The molecule has 0 bridgehead atoms. The second kappa shape index (κ2) is 7.41. The van der Waals surface area contributed by atoms with Crippen molar-refractivity contribution in [1.29, 1.82) is 0 Å². The zero-order valence-corrected chi connectivity index (χ0v) is 12.8. The molecule has 0 aliphatic heterocycles. The molecule has 21 heavy (non-hydrogen) atoms. The summed E-state index contributed by atoms with van der Waals surface area (Å²) in [5, 5.41) is 11.0. The van der Waals surface area contributed by atoms with Gasteiger partial charge in [0.05, 0.1) is 4.92 Å². The molecule has 1 aromatic rings. The van der Waals surface area contributed by atoms with Crippen molar-refractivity contribution in [3.63, 3.8) is 0 Å². The van der Waals surface area contributed by atoms with Crippen LogP contribution in [0.3, 0.4) is 0 Å². The Morgan fingerprint density at radius 3 is 2.62 bits per heavy atom. The van der Waals surface area contributed by atoms with Crippen LogP contribution in [0.1, 0.15) is 39.5 Å². The van der Waals surface area contributed by atoms with Crippen LogP contribution in [0.25, 0.3) is 0 Å². The highest BCUT2D eigenvalue weighted by molar-refractivity contribution is 5.45. The molecular formula is C16H24N2O3. The second-order valence-electron chi connectivity index (χ2n) is 5.84. The predicted molar refractivity (Wildman–Crippen MR) is 82.7 cm³/mol. The molecule has 1 fully saturated rings. The summed E-state index contributed by atoms with van der Waals surface area (Å²) in [6.45, 7) is 5.69. The van der Waals surface area contributed by atoms with Gasteiger partial charge in [0, 0.05) is 24.7 Å². The first-order valence-electron chi connectivity index (χ1n) is 7.71. The molecule has 0 atom stereocenters. The maximum Gasteiger partial charge on any atom is 0.310 e. The first kappa shape index (κ1) is 15.8. The van der Waals surface area contributed by atoms with Gasteiger partial charge in [-0.3, -0.25) is 15.0 Å². The predicted octanol–water partition coefficient (Wildman–Crippen LogP) is 3.63. The number of ether oxygens (including phenoxy) is 1. The van der Waals surface area contributed by atoms with E-state index in [0.29, 0.717) is 24.4 Å². The van der Waals surface area contributed by atoms with Crippen LogP contribution in [-0.4, -0.2) is 35.1 Å². The van der Waals surface area contributed by atoms with E-state index in [0.717, 1.165) is 6.54 Å². The van der Waals surface area contributed by atoms with Gasteiger partial charge in [0.2, 0.25) is 0 Å². The van der Waals surface area contributed by atoms with Crippen molar-refractivity contribution in [3.8, 4) is 5.75 Å². The maximum absolute atomic E-state index is 11.0. The lowest BCUT2D eigenvalue weighted by Crippen LogP contribution is -2.41. The fraction of sp³-hybridized carbons (Fsp3) is 0.625. The molecule has 0 spiro atoms. The molecule has 0 amide bonds. The molecule has 2 rings (SSSR count). The number of para-hydroxylation sites is 2. The Labute approximate surface area is 126 Å². The molecular weight excluding hydrogens is 268 g/mol. The second-order valence-corrected chi connectivity index (χ2v) is 5.84. The summed E-state index contributed by atoms with van der Waals surface area (Å²) < 4.78 is 5.66. The van der Waals surface area contributed by atoms with Gasteiger partial charge in [0.25, 0.3) is 0 Å². The van der Waals surface area contributed by atoms with Crippen molar-refractivity contribution >= 4 is 5.69 Å². The molecule has 0 N–H and O–H groups in total. The van der Waals surface area contributed by atoms with E-state index < -0.39 is 4.92 Å². The summed E-state index contributed by atoms with van der Waals surface area (Å²) >= 11 is 0. The SMILES string of the molecule is CC(C)N(CCOc1ccccc1[N+](=O)[O-])C1CCCC1. The monoisotopic (exact) mass is 292 g/mol. The Hall–Kier alpha value is -1.62. The zero-order valence-electron chi connectivity index (χ0n) is 12.8. The molecule has 1 aliphatic rings. The summed E-state index contributed by atoms with van der Waals surface area (Å²) in [5.74, 6) is 0.359. The van der Waals surface area contributed by atoms with Crippen molar-refractivity contribution in [1.82, 2.24) is 4.90 Å². The molecule has 0 unspecified atom stereocenters. The van der Waals surface area contributed by atoms with Crippen LogP contribution in [0, 0.1) is 10.1 Å². The number of hydrogen-bond donors (Lipinski definition) is 0. The number of benzene rings is 1. The number of rotatable bonds is 7. The van der Waals surface area contributed by atoms with Crippen molar-refractivity contribution in [3.05, 3.63) is 34.4 Å². The van der Waals surface area contributed by atoms with Crippen molar-refractivity contribution in [2.24, 2.45) is 0 Å². The number of hydrogen-bond acceptors (Lipinski definition) is 4. The van der Waals surface area contributed by atoms with Crippen molar-refractivity contribution in [2.45, 2.75) is 51.6 Å². The first-order chi connectivity index (χ1) is 10.1. The van der Waals surface area contributed by atoms with Gasteiger partial charge in [-0.05, 0) is 32.8 Å². The van der Waals surface area contributed by atoms with Crippen LogP contribution in [0.5, 0.6) is 5.75 Å². The minimum atomic E-state index is -0.396. The topological polar surface area (TPSA) is 55.6 Å². The molecule has 5 heteroatoms. The van der Waals surface area contributed by atoms with Crippen LogP contribution < -0.4 is 4.74 Å². The smallest absolute Gasteiger partial charge is 0.310 e. The van der Waals surface area contributed by atoms with Gasteiger partial charge in [-0.25, -0.2) is 0 Å². The number of nitrogens with zero attached hydrogens (tertiary/aromatic N) is 2. The largest absolute Gasteiger partial charge is 0.485 e. The van der Waals surface area contributed by atoms with E-state index in [1.165, 1.54) is 31.7 Å². The summed E-state index contributed by atoms with van der Waals surface area (Å²) in [5.41, 5.74) is 0.0365. The van der Waals surface area contributed by atoms with Gasteiger partial charge in [0.15, 0.2) is 5.75 Å². The Kier molecular flexibility index (Phi) is 5.56. The number of nitro groups is 1. The highest BCUT2D eigenvalue weighted by Gasteiger charge is 2.24. The number of nitro benzene ring substituents is 1. The van der Waals surface area contributed by atoms with Crippen molar-refractivity contribution < 1.29 is 9.66 Å². The lowest BCUT2D eigenvalue weighted by atomic mass is 10.1. The molecule has 5 nitrogen and oxygen atoms in total. The van der Waals surface area contributed by atoms with E-state index in [1.807, 2.05) is 0 Å². The third-order valence-electron chi connectivity index (χ3n) is 4.13. The van der Waals surface area contributed by atoms with Crippen LogP contribution in [0.2, 0.25) is 0 Å². The fourth-order valence-electron chi connectivity index (χ4n) is 3.09. The van der Waals surface area contributed by atoms with Crippen LogP contribution >= 0.6 is 0 Å². The van der Waals surface area contributed by atoms with Gasteiger partial charge in [-0.2, -0.15) is 0 Å². The summed E-state index contributed by atoms with van der Waals surface area (Å²) in [6.07, 6.45) is 5.12. The van der Waals surface area contributed by atoms with Gasteiger partial charge in [-0.15, -0.1) is 0 Å². The normalized spacial score (nSPS) is 15.8. The van der Waals surface area contributed by atoms with Gasteiger partial charge in [0.1, 0.15) is 6.61 Å². The minimum absolute atomic E-state index is 0.0365. The molecule has 116 valence electrons. The zero-order chi connectivity index (χ0) is 15.2. The van der Waals surface area contributed by atoms with E-state index in [-0.39, 0.29) is 5.69 Å². The average molecular weight is 292 g/mol. The van der Waals surface area contributed by atoms with Gasteiger partial charge in [-0.1, -0.05) is 25.0 Å². The summed E-state index contributed by atoms with van der Waals surface area (Å²) in [7, 11) is 0. The third kappa shape index (κ3) is 4.17. The molecule has 1 aliphatic carbocycles. The van der Waals surface area contributed by atoms with Crippen LogP contribution in [0.4, 0.5) is 5.69 Å². The molecule has 0 heterocycles. The Balaban J connectivity index is 1.92. The Morgan fingerprint density at radius 2 is 2.00 bits per heavy atom. The molecule has 1 saturated carbocycles. The van der Waals surface area contributed by atoms with Crippen molar-refractivity contribution in [2.75, 3.05) is 13.2 Å². The molecule has 0 radical (unpaired) electrons. The third-order valence-corrected chi connectivity index (χ3v) is 4.13. The molecule has 1 aromatic carbocycles. The average Bonchev–Trinajstić information content (AvgIpc) is 2.97. The minimum Gasteiger partial charge on any atom is -0.485 e. The highest BCUT2D eigenvalue weighted by Crippen LogP contribution is 2.27. The van der Waals surface area contributed by atoms with Crippen LogP contribution in [-0.2, 0) is 0 Å². The highest BCUT2D eigenvalue weighted by atomic mass is 16.6. The van der Waals surface area contributed by atoms with Gasteiger partial charge >= 0.3 is 5.69 Å². The Bertz CT molecular complexity index is 470. The lowest BCUT2D eigenvalue weighted by Gasteiger charge is -2.32. The maximum atomic E-state index is 11.0. The van der Waals surface area contributed by atoms with Crippen LogP contribution in [0.15, 0.2) is 24.3 Å². The lowest BCUT2D eigenvalue weighted by molar-refractivity contribution is -0.385. The molecule has 0 saturated heterocycles. The van der Waals surface area contributed by atoms with Gasteiger partial charge < -0.3 is 4.74 Å². The van der Waals surface area contributed by atoms with E-state index in [1.54, 1.807) is 18.2 Å². The fourth-order valence-corrected chi connectivity index (χ4v) is 3.09. The van der Waals surface area contributed by atoms with E-state index in [4.69, 9.17) is 4.74 Å². The quantitative estimate of drug-likeness (QED) is 0.569. The molecule has 0 aromatic heterocycles. The van der Waals surface area contributed by atoms with E-state index >= 15 is 0 Å².